The van der Waals surface area contributed by atoms with Crippen LogP contribution in [0.2, 0.25) is 0 Å². The van der Waals surface area contributed by atoms with E-state index in [1.165, 1.54) is 6.20 Å². The third-order valence-electron chi connectivity index (χ3n) is 2.08. The Hall–Kier alpha value is -1.73. The Kier molecular flexibility index (Phi) is 4.15. The number of nitrogens with zero attached hydrogens (tertiary/aromatic N) is 3. The standard InChI is InChI=1S/C9H6N3O6S3/c13-20(14,15)6-1-2-8(21(16,17)18)7(5-6)11-12-9-10-3-4-19-9/h2-5H,(H,13,14,15)(H,16,17,18)/b12-11+. The van der Waals surface area contributed by atoms with Gasteiger partial charge in [-0.25, -0.2) is 4.98 Å². The van der Waals surface area contributed by atoms with E-state index in [9.17, 15) is 16.8 Å². The first-order valence-corrected chi connectivity index (χ1v) is 8.76. The van der Waals surface area contributed by atoms with Gasteiger partial charge in [0.05, 0.1) is 0 Å². The minimum atomic E-state index is -4.67. The molecule has 0 aliphatic heterocycles. The van der Waals surface area contributed by atoms with E-state index in [1.54, 1.807) is 5.38 Å². The number of aromatic nitrogens is 1. The number of hydrogen-bond donors (Lipinski definition) is 2. The van der Waals surface area contributed by atoms with Crippen molar-refractivity contribution in [3.63, 3.8) is 0 Å². The van der Waals surface area contributed by atoms with E-state index in [0.29, 0.717) is 6.07 Å². The monoisotopic (exact) mass is 348 g/mol. The Balaban J connectivity index is 2.59. The maximum Gasteiger partial charge on any atom is 0.296 e. The lowest BCUT2D eigenvalue weighted by atomic mass is 10.3. The summed E-state index contributed by atoms with van der Waals surface area (Å²) >= 11 is 1.11. The topological polar surface area (TPSA) is 146 Å². The molecule has 2 N–H and O–H groups in total. The van der Waals surface area contributed by atoms with E-state index in [2.05, 4.69) is 15.2 Å². The quantitative estimate of drug-likeness (QED) is 0.633. The molecule has 9 nitrogen and oxygen atoms in total. The van der Waals surface area contributed by atoms with Crippen LogP contribution in [0.3, 0.4) is 0 Å². The Labute approximate surface area is 123 Å². The predicted molar refractivity (Wildman–Crippen MR) is 71.2 cm³/mol. The molecule has 0 saturated carbocycles. The van der Waals surface area contributed by atoms with Crippen LogP contribution < -0.4 is 0 Å². The van der Waals surface area contributed by atoms with Gasteiger partial charge >= 0.3 is 0 Å². The molecule has 2 aromatic rings. The Morgan fingerprint density at radius 3 is 2.38 bits per heavy atom. The zero-order valence-electron chi connectivity index (χ0n) is 9.90. The van der Waals surface area contributed by atoms with Crippen molar-refractivity contribution in [3.05, 3.63) is 29.8 Å². The fourth-order valence-electron chi connectivity index (χ4n) is 1.24. The van der Waals surface area contributed by atoms with E-state index in [1.807, 2.05) is 6.07 Å². The van der Waals surface area contributed by atoms with Gasteiger partial charge in [-0.15, -0.1) is 21.6 Å². The lowest BCUT2D eigenvalue weighted by Crippen LogP contribution is -2.02. The normalized spacial score (nSPS) is 12.9. The second-order valence-corrected chi connectivity index (χ2v) is 7.16. The van der Waals surface area contributed by atoms with Crippen molar-refractivity contribution >= 4 is 42.4 Å². The average molecular weight is 348 g/mol. The van der Waals surface area contributed by atoms with Crippen LogP contribution in [0.5, 0.6) is 0 Å². The molecule has 1 aromatic carbocycles. The van der Waals surface area contributed by atoms with E-state index < -0.39 is 35.7 Å². The second kappa shape index (κ2) is 5.57. The van der Waals surface area contributed by atoms with Crippen molar-refractivity contribution < 1.29 is 25.9 Å². The number of hydrogen-bond acceptors (Lipinski definition) is 8. The molecule has 0 aliphatic rings. The molecule has 111 valence electrons. The van der Waals surface area contributed by atoms with Gasteiger partial charge in [-0.2, -0.15) is 16.8 Å². The summed E-state index contributed by atoms with van der Waals surface area (Å²) in [7, 11) is -9.27. The molecule has 0 fully saturated rings. The molecule has 0 unspecified atom stereocenters. The van der Waals surface area contributed by atoms with Crippen LogP contribution in [0.4, 0.5) is 10.8 Å². The SMILES string of the molecule is O=S(=O)(O)c1[c]cc(S(=O)(=O)O)c(/N=N/c2nccs2)c1. The van der Waals surface area contributed by atoms with Gasteiger partial charge in [0.2, 0.25) is 5.13 Å². The van der Waals surface area contributed by atoms with E-state index in [0.717, 1.165) is 17.4 Å². The highest BCUT2D eigenvalue weighted by molar-refractivity contribution is 7.86. The average Bonchev–Trinajstić information content (AvgIpc) is 2.86. The summed E-state index contributed by atoms with van der Waals surface area (Å²) in [5.74, 6) is 0. The first kappa shape index (κ1) is 15.7. The van der Waals surface area contributed by atoms with Crippen LogP contribution in [0.1, 0.15) is 0 Å². The Morgan fingerprint density at radius 1 is 1.14 bits per heavy atom. The Bertz CT molecular complexity index is 887. The predicted octanol–water partition coefficient (Wildman–Crippen LogP) is 1.85. The molecular formula is C9H6N3O6S3. The Morgan fingerprint density at radius 2 is 1.86 bits per heavy atom. The van der Waals surface area contributed by atoms with Crippen molar-refractivity contribution in [1.29, 1.82) is 0 Å². The summed E-state index contributed by atoms with van der Waals surface area (Å²) in [6, 6.07) is 3.42. The molecule has 0 aliphatic carbocycles. The summed E-state index contributed by atoms with van der Waals surface area (Å²) in [6.07, 6.45) is 1.44. The maximum absolute atomic E-state index is 11.2. The smallest absolute Gasteiger partial charge is 0.282 e. The van der Waals surface area contributed by atoms with Gasteiger partial charge in [0.15, 0.2) is 0 Å². The number of rotatable bonds is 4. The largest absolute Gasteiger partial charge is 0.296 e. The lowest BCUT2D eigenvalue weighted by Gasteiger charge is -2.03. The van der Waals surface area contributed by atoms with E-state index in [4.69, 9.17) is 9.11 Å². The van der Waals surface area contributed by atoms with Crippen molar-refractivity contribution in [2.24, 2.45) is 10.2 Å². The third-order valence-corrected chi connectivity index (χ3v) is 4.41. The summed E-state index contributed by atoms with van der Waals surface area (Å²) in [4.78, 5) is 2.36. The lowest BCUT2D eigenvalue weighted by molar-refractivity contribution is 0.478. The molecule has 0 saturated heterocycles. The first-order valence-electron chi connectivity index (χ1n) is 5.00. The number of benzene rings is 1. The van der Waals surface area contributed by atoms with Crippen molar-refractivity contribution in [2.45, 2.75) is 9.79 Å². The van der Waals surface area contributed by atoms with Gasteiger partial charge in [0.25, 0.3) is 20.2 Å². The minimum absolute atomic E-state index is 0.192. The van der Waals surface area contributed by atoms with Crippen molar-refractivity contribution in [2.75, 3.05) is 0 Å². The van der Waals surface area contributed by atoms with Gasteiger partial charge in [-0.3, -0.25) is 9.11 Å². The minimum Gasteiger partial charge on any atom is -0.282 e. The maximum atomic E-state index is 11.2. The fraction of sp³-hybridized carbons (Fsp3) is 0. The molecular weight excluding hydrogens is 342 g/mol. The zero-order valence-corrected chi connectivity index (χ0v) is 12.4. The molecule has 12 heteroatoms. The van der Waals surface area contributed by atoms with Gasteiger partial charge in [-0.1, -0.05) is 0 Å². The molecule has 21 heavy (non-hydrogen) atoms. The van der Waals surface area contributed by atoms with Crippen LogP contribution in [0.15, 0.2) is 43.7 Å². The van der Waals surface area contributed by atoms with Gasteiger partial charge in [0, 0.05) is 17.6 Å². The summed E-state index contributed by atoms with van der Waals surface area (Å²) in [6.45, 7) is 0. The fourth-order valence-corrected chi connectivity index (χ4v) is 2.74. The van der Waals surface area contributed by atoms with Crippen LogP contribution in [-0.4, -0.2) is 30.9 Å². The van der Waals surface area contributed by atoms with Gasteiger partial charge in [0.1, 0.15) is 15.5 Å². The second-order valence-electron chi connectivity index (χ2n) is 3.51. The number of thiazole rings is 1. The van der Waals surface area contributed by atoms with E-state index in [-0.39, 0.29) is 5.13 Å². The third kappa shape index (κ3) is 3.89. The van der Waals surface area contributed by atoms with Crippen LogP contribution in [0.25, 0.3) is 0 Å². The van der Waals surface area contributed by atoms with Crippen molar-refractivity contribution in [3.8, 4) is 0 Å². The summed E-state index contributed by atoms with van der Waals surface area (Å²) < 4.78 is 62.3. The molecule has 0 bridgehead atoms. The molecule has 0 spiro atoms. The highest BCUT2D eigenvalue weighted by Crippen LogP contribution is 2.29. The van der Waals surface area contributed by atoms with E-state index >= 15 is 0 Å². The molecule has 0 amide bonds. The van der Waals surface area contributed by atoms with Crippen molar-refractivity contribution in [1.82, 2.24) is 4.98 Å². The van der Waals surface area contributed by atoms with Crippen LogP contribution in [-0.2, 0) is 20.2 Å². The highest BCUT2D eigenvalue weighted by Gasteiger charge is 2.20. The molecule has 1 radical (unpaired) electrons. The molecule has 0 atom stereocenters. The van der Waals surface area contributed by atoms with Crippen LogP contribution >= 0.6 is 11.3 Å². The van der Waals surface area contributed by atoms with Gasteiger partial charge in [-0.05, 0) is 12.1 Å². The molecule has 1 heterocycles. The molecule has 2 rings (SSSR count). The molecule has 1 aromatic heterocycles. The highest BCUT2D eigenvalue weighted by atomic mass is 32.2. The summed E-state index contributed by atoms with van der Waals surface area (Å²) in [5.41, 5.74) is -0.473. The van der Waals surface area contributed by atoms with Crippen LogP contribution in [0, 0.1) is 6.07 Å². The first-order chi connectivity index (χ1) is 9.68. The summed E-state index contributed by atoms with van der Waals surface area (Å²) in [5, 5.41) is 8.92. The zero-order chi connectivity index (χ0) is 15.7. The van der Waals surface area contributed by atoms with Gasteiger partial charge < -0.3 is 0 Å². The number of azo groups is 1.